The molecule has 0 saturated heterocycles. The number of nitrogens with zero attached hydrogens (tertiary/aromatic N) is 1. The van der Waals surface area contributed by atoms with Crippen LogP contribution in [0.1, 0.15) is 6.92 Å². The first-order valence-corrected chi connectivity index (χ1v) is 6.99. The Bertz CT molecular complexity index is 476. The van der Waals surface area contributed by atoms with Crippen LogP contribution in [0.25, 0.3) is 0 Å². The molecule has 0 spiro atoms. The number of ether oxygens (including phenoxy) is 2. The van der Waals surface area contributed by atoms with Gasteiger partial charge in [-0.05, 0) is 41.1 Å². The van der Waals surface area contributed by atoms with E-state index in [0.717, 1.165) is 10.2 Å². The number of hydrogen-bond donors (Lipinski definition) is 0. The van der Waals surface area contributed by atoms with Gasteiger partial charge in [-0.1, -0.05) is 18.2 Å². The van der Waals surface area contributed by atoms with Gasteiger partial charge < -0.3 is 14.4 Å². The molecule has 4 nitrogen and oxygen atoms in total. The lowest BCUT2D eigenvalue weighted by atomic mass is 10.2. The maximum atomic E-state index is 11.7. The van der Waals surface area contributed by atoms with Crippen LogP contribution in [-0.4, -0.2) is 36.8 Å². The summed E-state index contributed by atoms with van der Waals surface area (Å²) in [4.78, 5) is 13.3. The van der Waals surface area contributed by atoms with Gasteiger partial charge in [-0.15, -0.1) is 0 Å². The van der Waals surface area contributed by atoms with E-state index < -0.39 is 0 Å². The van der Waals surface area contributed by atoms with Gasteiger partial charge in [-0.25, -0.2) is 4.79 Å². The molecule has 19 heavy (non-hydrogen) atoms. The predicted octanol–water partition coefficient (Wildman–Crippen LogP) is 3.22. The topological polar surface area (TPSA) is 38.8 Å². The first-order valence-electron chi connectivity index (χ1n) is 6.20. The van der Waals surface area contributed by atoms with Gasteiger partial charge in [-0.2, -0.15) is 0 Å². The van der Waals surface area contributed by atoms with Crippen molar-refractivity contribution in [2.24, 2.45) is 0 Å². The molecule has 0 bridgehead atoms. The Morgan fingerprint density at radius 2 is 2.26 bits per heavy atom. The predicted molar refractivity (Wildman–Crippen MR) is 76.3 cm³/mol. The van der Waals surface area contributed by atoms with E-state index in [4.69, 9.17) is 9.47 Å². The molecule has 0 saturated carbocycles. The van der Waals surface area contributed by atoms with E-state index in [0.29, 0.717) is 19.7 Å². The molecule has 1 aliphatic rings. The number of hydrogen-bond acceptors (Lipinski definition) is 3. The number of para-hydroxylation sites is 1. The molecule has 1 unspecified atom stereocenters. The highest BCUT2D eigenvalue weighted by Crippen LogP contribution is 2.25. The van der Waals surface area contributed by atoms with E-state index in [-0.39, 0.29) is 12.2 Å². The molecule has 1 amide bonds. The van der Waals surface area contributed by atoms with Gasteiger partial charge in [0.2, 0.25) is 0 Å². The summed E-state index contributed by atoms with van der Waals surface area (Å²) in [5.74, 6) is 0.767. The lowest BCUT2D eigenvalue weighted by Crippen LogP contribution is -2.42. The molecule has 0 radical (unpaired) electrons. The number of rotatable bonds is 3. The third-order valence-corrected chi connectivity index (χ3v) is 3.37. The Labute approximate surface area is 121 Å². The molecular weight excluding hydrogens is 310 g/mol. The van der Waals surface area contributed by atoms with Crippen LogP contribution in [0.4, 0.5) is 4.79 Å². The summed E-state index contributed by atoms with van der Waals surface area (Å²) in [5, 5.41) is 0. The second-order valence-electron chi connectivity index (χ2n) is 4.12. The average Bonchev–Trinajstić information content (AvgIpc) is 2.42. The van der Waals surface area contributed by atoms with Crippen molar-refractivity contribution in [3.05, 3.63) is 40.9 Å². The standard InChI is InChI=1S/C14H16BrNO3/c1-2-18-14(17)16-9-5-6-11(10-16)19-13-8-4-3-7-12(13)15/h3-8,11H,2,9-10H2,1H3. The number of benzene rings is 1. The summed E-state index contributed by atoms with van der Waals surface area (Å²) in [5.41, 5.74) is 0. The summed E-state index contributed by atoms with van der Waals surface area (Å²) >= 11 is 3.44. The molecule has 0 aromatic heterocycles. The Morgan fingerprint density at radius 1 is 1.47 bits per heavy atom. The zero-order valence-electron chi connectivity index (χ0n) is 10.7. The average molecular weight is 326 g/mol. The fourth-order valence-corrected chi connectivity index (χ4v) is 2.21. The third kappa shape index (κ3) is 3.73. The maximum absolute atomic E-state index is 11.7. The molecule has 1 heterocycles. The first-order chi connectivity index (χ1) is 9.20. The van der Waals surface area contributed by atoms with E-state index in [1.165, 1.54) is 0 Å². The fourth-order valence-electron chi connectivity index (χ4n) is 1.84. The van der Waals surface area contributed by atoms with Crippen LogP contribution in [0.2, 0.25) is 0 Å². The van der Waals surface area contributed by atoms with Gasteiger partial charge in [0.1, 0.15) is 11.9 Å². The summed E-state index contributed by atoms with van der Waals surface area (Å²) in [7, 11) is 0. The lowest BCUT2D eigenvalue weighted by molar-refractivity contribution is 0.0928. The van der Waals surface area contributed by atoms with E-state index in [1.807, 2.05) is 36.4 Å². The number of carbonyl (C=O) groups excluding carboxylic acids is 1. The normalized spacial score (nSPS) is 18.2. The van der Waals surface area contributed by atoms with Crippen molar-refractivity contribution in [2.45, 2.75) is 13.0 Å². The minimum atomic E-state index is -0.299. The van der Waals surface area contributed by atoms with Gasteiger partial charge in [-0.3, -0.25) is 0 Å². The minimum Gasteiger partial charge on any atom is -0.483 e. The van der Waals surface area contributed by atoms with Crippen molar-refractivity contribution in [1.82, 2.24) is 4.90 Å². The van der Waals surface area contributed by atoms with E-state index in [2.05, 4.69) is 15.9 Å². The van der Waals surface area contributed by atoms with E-state index in [1.54, 1.807) is 11.8 Å². The number of carbonyl (C=O) groups is 1. The zero-order chi connectivity index (χ0) is 13.7. The first kappa shape index (κ1) is 13.9. The summed E-state index contributed by atoms with van der Waals surface area (Å²) in [6, 6.07) is 7.65. The number of amides is 1. The quantitative estimate of drug-likeness (QED) is 0.801. The van der Waals surface area contributed by atoms with Gasteiger partial charge >= 0.3 is 6.09 Å². The molecule has 0 fully saturated rings. The SMILES string of the molecule is CCOC(=O)N1CC=CC(Oc2ccccc2Br)C1. The third-order valence-electron chi connectivity index (χ3n) is 2.72. The molecule has 1 aromatic rings. The van der Waals surface area contributed by atoms with E-state index in [9.17, 15) is 4.79 Å². The van der Waals surface area contributed by atoms with Crippen LogP contribution < -0.4 is 4.74 Å². The van der Waals surface area contributed by atoms with Crippen molar-refractivity contribution in [3.8, 4) is 5.75 Å². The second-order valence-corrected chi connectivity index (χ2v) is 4.97. The molecular formula is C14H16BrNO3. The fraction of sp³-hybridized carbons (Fsp3) is 0.357. The van der Waals surface area contributed by atoms with Crippen LogP contribution in [0.15, 0.2) is 40.9 Å². The minimum absolute atomic E-state index is 0.156. The van der Waals surface area contributed by atoms with Crippen molar-refractivity contribution in [1.29, 1.82) is 0 Å². The Morgan fingerprint density at radius 3 is 3.00 bits per heavy atom. The maximum Gasteiger partial charge on any atom is 0.410 e. The summed E-state index contributed by atoms with van der Waals surface area (Å²) < 4.78 is 11.8. The van der Waals surface area contributed by atoms with Crippen LogP contribution >= 0.6 is 15.9 Å². The molecule has 1 aliphatic heterocycles. The zero-order valence-corrected chi connectivity index (χ0v) is 12.3. The van der Waals surface area contributed by atoms with Crippen molar-refractivity contribution in [2.75, 3.05) is 19.7 Å². The molecule has 1 atom stereocenters. The lowest BCUT2D eigenvalue weighted by Gasteiger charge is -2.28. The summed E-state index contributed by atoms with van der Waals surface area (Å²) in [6.07, 6.45) is 3.43. The van der Waals surface area contributed by atoms with Gasteiger partial charge in [0.05, 0.1) is 17.6 Å². The highest BCUT2D eigenvalue weighted by Gasteiger charge is 2.22. The van der Waals surface area contributed by atoms with Crippen LogP contribution in [0.5, 0.6) is 5.75 Å². The van der Waals surface area contributed by atoms with Crippen molar-refractivity contribution in [3.63, 3.8) is 0 Å². The molecule has 1 aromatic carbocycles. The van der Waals surface area contributed by atoms with Gasteiger partial charge in [0.15, 0.2) is 0 Å². The largest absolute Gasteiger partial charge is 0.483 e. The Kier molecular flexibility index (Phi) is 4.85. The van der Waals surface area contributed by atoms with Crippen molar-refractivity contribution >= 4 is 22.0 Å². The van der Waals surface area contributed by atoms with Gasteiger partial charge in [0, 0.05) is 6.54 Å². The Balaban J connectivity index is 1.99. The molecule has 0 aliphatic carbocycles. The number of halogens is 1. The van der Waals surface area contributed by atoms with Gasteiger partial charge in [0.25, 0.3) is 0 Å². The molecule has 5 heteroatoms. The van der Waals surface area contributed by atoms with Crippen LogP contribution in [0, 0.1) is 0 Å². The van der Waals surface area contributed by atoms with Crippen LogP contribution in [-0.2, 0) is 4.74 Å². The highest BCUT2D eigenvalue weighted by molar-refractivity contribution is 9.10. The Hall–Kier alpha value is -1.49. The molecule has 102 valence electrons. The second kappa shape index (κ2) is 6.61. The van der Waals surface area contributed by atoms with Crippen molar-refractivity contribution < 1.29 is 14.3 Å². The monoisotopic (exact) mass is 325 g/mol. The van der Waals surface area contributed by atoms with E-state index >= 15 is 0 Å². The molecule has 0 N–H and O–H groups in total. The highest BCUT2D eigenvalue weighted by atomic mass is 79.9. The molecule has 2 rings (SSSR count). The smallest absolute Gasteiger partial charge is 0.410 e. The summed E-state index contributed by atoms with van der Waals surface area (Å²) in [6.45, 7) is 3.24. The van der Waals surface area contributed by atoms with Crippen LogP contribution in [0.3, 0.4) is 0 Å².